The van der Waals surface area contributed by atoms with Crippen LogP contribution in [0.3, 0.4) is 0 Å². The third-order valence-corrected chi connectivity index (χ3v) is 5.78. The Balaban J connectivity index is 1.80. The van der Waals surface area contributed by atoms with Gasteiger partial charge < -0.3 is 5.11 Å². The van der Waals surface area contributed by atoms with E-state index in [1.807, 2.05) is 110 Å². The standard InChI is InChI=1S/C31H24N2O/c1-23-17-19-27(20-18-23)31(34)32-33-29(25-13-7-3-8-14-25)21-28(24-11-5-2-6-12-24)22-30(33)26-15-9-4-10-16-26/h2-22H,1H3. The van der Waals surface area contributed by atoms with Crippen LogP contribution in [0.1, 0.15) is 11.1 Å². The zero-order chi connectivity index (χ0) is 23.3. The van der Waals surface area contributed by atoms with E-state index in [2.05, 4.69) is 29.4 Å². The summed E-state index contributed by atoms with van der Waals surface area (Å²) in [6.45, 7) is 2.00. The molecule has 0 radical (unpaired) electrons. The van der Waals surface area contributed by atoms with Crippen LogP contribution in [0, 0.1) is 6.92 Å². The molecule has 4 aromatic carbocycles. The summed E-state index contributed by atoms with van der Waals surface area (Å²) in [5, 5.41) is 17.9. The average Bonchev–Trinajstić information content (AvgIpc) is 2.90. The average molecular weight is 441 g/mol. The van der Waals surface area contributed by atoms with Gasteiger partial charge in [-0.3, -0.25) is 0 Å². The molecular weight excluding hydrogens is 416 g/mol. The minimum atomic E-state index is -0.285. The van der Waals surface area contributed by atoms with Crippen molar-refractivity contribution in [3.05, 3.63) is 139 Å². The molecule has 0 aliphatic rings. The zero-order valence-corrected chi connectivity index (χ0v) is 18.9. The number of aromatic nitrogens is 1. The van der Waals surface area contributed by atoms with E-state index in [4.69, 9.17) is 0 Å². The van der Waals surface area contributed by atoms with Crippen LogP contribution in [0.15, 0.2) is 132 Å². The predicted molar refractivity (Wildman–Crippen MR) is 136 cm³/mol. The van der Waals surface area contributed by atoms with E-state index >= 15 is 0 Å². The molecule has 1 aromatic heterocycles. The number of benzene rings is 4. The fourth-order valence-corrected chi connectivity index (χ4v) is 3.97. The highest BCUT2D eigenvalue weighted by molar-refractivity contribution is 5.90. The van der Waals surface area contributed by atoms with Crippen molar-refractivity contribution in [1.82, 2.24) is 0 Å². The normalized spacial score (nSPS) is 11.4. The zero-order valence-electron chi connectivity index (χ0n) is 18.9. The molecule has 0 saturated heterocycles. The molecule has 0 aliphatic heterocycles. The van der Waals surface area contributed by atoms with Crippen molar-refractivity contribution in [3.63, 3.8) is 0 Å². The lowest BCUT2D eigenvalue weighted by molar-refractivity contribution is -0.659. The van der Waals surface area contributed by atoms with Crippen LogP contribution in [-0.2, 0) is 0 Å². The number of rotatable bonds is 5. The molecule has 1 heterocycles. The molecule has 5 rings (SSSR count). The second kappa shape index (κ2) is 9.55. The molecule has 5 aromatic rings. The van der Waals surface area contributed by atoms with Gasteiger partial charge in [-0.15, -0.1) is 0 Å². The first-order valence-corrected chi connectivity index (χ1v) is 11.3. The Kier molecular flexibility index (Phi) is 6.00. The summed E-state index contributed by atoms with van der Waals surface area (Å²) >= 11 is 0. The molecular formula is C31H24N2O. The van der Waals surface area contributed by atoms with Crippen molar-refractivity contribution in [2.75, 3.05) is 0 Å². The summed E-state index contributed by atoms with van der Waals surface area (Å²) < 4.78 is 1.78. The highest BCUT2D eigenvalue weighted by atomic mass is 16.3. The molecule has 0 bridgehead atoms. The third kappa shape index (κ3) is 4.50. The van der Waals surface area contributed by atoms with Crippen molar-refractivity contribution in [2.45, 2.75) is 6.92 Å². The van der Waals surface area contributed by atoms with Crippen molar-refractivity contribution < 1.29 is 9.78 Å². The highest BCUT2D eigenvalue weighted by Gasteiger charge is 2.23. The maximum absolute atomic E-state index is 13.3. The topological polar surface area (TPSA) is 39.3 Å². The molecule has 0 unspecified atom stereocenters. The van der Waals surface area contributed by atoms with Crippen LogP contribution in [0.5, 0.6) is 0 Å². The maximum atomic E-state index is 13.3. The van der Waals surface area contributed by atoms with Gasteiger partial charge in [0.15, 0.2) is 0 Å². The first-order chi connectivity index (χ1) is 16.7. The highest BCUT2D eigenvalue weighted by Crippen LogP contribution is 2.29. The number of hydrogen-bond acceptors (Lipinski definition) is 2. The van der Waals surface area contributed by atoms with Crippen LogP contribution in [0.4, 0.5) is 0 Å². The van der Waals surface area contributed by atoms with E-state index in [0.717, 1.165) is 39.2 Å². The largest absolute Gasteiger partial charge is 0.854 e. The van der Waals surface area contributed by atoms with E-state index in [1.54, 1.807) is 4.68 Å². The predicted octanol–water partition coefficient (Wildman–Crippen LogP) is 5.85. The van der Waals surface area contributed by atoms with Gasteiger partial charge in [-0.05, 0) is 57.7 Å². The van der Waals surface area contributed by atoms with Gasteiger partial charge in [0.25, 0.3) is 0 Å². The molecule has 0 atom stereocenters. The Morgan fingerprint density at radius 2 is 1.00 bits per heavy atom. The molecule has 0 N–H and O–H groups in total. The Hall–Kier alpha value is -4.50. The third-order valence-electron chi connectivity index (χ3n) is 5.78. The Morgan fingerprint density at radius 3 is 1.47 bits per heavy atom. The number of hydrogen-bond donors (Lipinski definition) is 0. The Bertz CT molecular complexity index is 1370. The number of aryl methyl sites for hydroxylation is 1. The van der Waals surface area contributed by atoms with Gasteiger partial charge in [0, 0.05) is 23.3 Å². The van der Waals surface area contributed by atoms with Gasteiger partial charge in [-0.25, -0.2) is 0 Å². The molecule has 164 valence electrons. The summed E-state index contributed by atoms with van der Waals surface area (Å²) in [6, 6.07) is 42.1. The lowest BCUT2D eigenvalue weighted by Gasteiger charge is -2.12. The molecule has 3 heteroatoms. The Labute approximate surface area is 199 Å². The van der Waals surface area contributed by atoms with Crippen LogP contribution in [-0.4, -0.2) is 5.90 Å². The molecule has 0 saturated carbocycles. The second-order valence-electron chi connectivity index (χ2n) is 8.20. The van der Waals surface area contributed by atoms with Gasteiger partial charge >= 0.3 is 0 Å². The first-order valence-electron chi connectivity index (χ1n) is 11.3. The van der Waals surface area contributed by atoms with Crippen molar-refractivity contribution in [1.29, 1.82) is 0 Å². The van der Waals surface area contributed by atoms with Crippen LogP contribution in [0.2, 0.25) is 0 Å². The summed E-state index contributed by atoms with van der Waals surface area (Å²) in [4.78, 5) is 0. The van der Waals surface area contributed by atoms with Crippen molar-refractivity contribution >= 4 is 5.90 Å². The fourth-order valence-electron chi connectivity index (χ4n) is 3.97. The summed E-state index contributed by atoms with van der Waals surface area (Å²) in [5.41, 5.74) is 7.49. The van der Waals surface area contributed by atoms with Crippen molar-refractivity contribution in [3.8, 4) is 33.6 Å². The van der Waals surface area contributed by atoms with E-state index in [-0.39, 0.29) is 5.90 Å². The van der Waals surface area contributed by atoms with Crippen molar-refractivity contribution in [2.24, 2.45) is 5.10 Å². The monoisotopic (exact) mass is 440 g/mol. The quantitative estimate of drug-likeness (QED) is 0.192. The van der Waals surface area contributed by atoms with E-state index in [0.29, 0.717) is 5.56 Å². The van der Waals surface area contributed by atoms with Gasteiger partial charge in [0.2, 0.25) is 11.4 Å². The van der Waals surface area contributed by atoms with Crippen LogP contribution < -0.4 is 9.78 Å². The molecule has 0 spiro atoms. The minimum Gasteiger partial charge on any atom is -0.854 e. The summed E-state index contributed by atoms with van der Waals surface area (Å²) in [5.74, 6) is -0.285. The second-order valence-corrected chi connectivity index (χ2v) is 8.20. The molecule has 0 aliphatic carbocycles. The smallest absolute Gasteiger partial charge is 0.246 e. The first kappa shape index (κ1) is 21.4. The van der Waals surface area contributed by atoms with Crippen LogP contribution in [0.25, 0.3) is 33.6 Å². The molecule has 0 fully saturated rings. The Morgan fingerprint density at radius 1 is 0.559 bits per heavy atom. The van der Waals surface area contributed by atoms with Gasteiger partial charge in [0.05, 0.1) is 5.90 Å². The van der Waals surface area contributed by atoms with E-state index in [9.17, 15) is 5.11 Å². The van der Waals surface area contributed by atoms with E-state index in [1.165, 1.54) is 0 Å². The minimum absolute atomic E-state index is 0.285. The van der Waals surface area contributed by atoms with Crippen LogP contribution >= 0.6 is 0 Å². The molecule has 0 amide bonds. The maximum Gasteiger partial charge on any atom is 0.246 e. The fraction of sp³-hybridized carbons (Fsp3) is 0.0323. The lowest BCUT2D eigenvalue weighted by atomic mass is 10.00. The summed E-state index contributed by atoms with van der Waals surface area (Å²) in [6.07, 6.45) is 0. The SMILES string of the molecule is Cc1ccc(/C([O-])=N/[n+]2c(-c3ccccc3)cc(-c3ccccc3)cc2-c2ccccc2)cc1. The van der Waals surface area contributed by atoms with Gasteiger partial charge in [-0.1, -0.05) is 96.6 Å². The number of pyridine rings is 1. The van der Waals surface area contributed by atoms with Gasteiger partial charge in [-0.2, -0.15) is 0 Å². The van der Waals surface area contributed by atoms with Gasteiger partial charge in [0.1, 0.15) is 0 Å². The molecule has 34 heavy (non-hydrogen) atoms. The lowest BCUT2D eigenvalue weighted by Crippen LogP contribution is -2.38. The summed E-state index contributed by atoms with van der Waals surface area (Å²) in [7, 11) is 0. The van der Waals surface area contributed by atoms with E-state index < -0.39 is 0 Å². The number of nitrogens with zero attached hydrogens (tertiary/aromatic N) is 2. The molecule has 3 nitrogen and oxygen atoms in total.